The Kier molecular flexibility index (Phi) is 6.99. The van der Waals surface area contributed by atoms with E-state index in [9.17, 15) is 13.2 Å². The molecule has 9 heteroatoms. The number of aryl methyl sites for hydroxylation is 1. The maximum absolute atomic E-state index is 12.7. The maximum atomic E-state index is 12.7. The van der Waals surface area contributed by atoms with Crippen molar-refractivity contribution in [3.8, 4) is 0 Å². The number of morpholine rings is 1. The quantitative estimate of drug-likeness (QED) is 0.565. The smallest absolute Gasteiger partial charge is 0.243 e. The van der Waals surface area contributed by atoms with Gasteiger partial charge in [0.2, 0.25) is 15.9 Å². The van der Waals surface area contributed by atoms with E-state index in [0.717, 1.165) is 11.1 Å². The van der Waals surface area contributed by atoms with E-state index in [1.807, 2.05) is 30.3 Å². The third kappa shape index (κ3) is 5.61. The highest BCUT2D eigenvalue weighted by molar-refractivity contribution is 7.89. The Hall–Kier alpha value is -3.01. The van der Waals surface area contributed by atoms with Crippen LogP contribution in [0.5, 0.6) is 0 Å². The third-order valence-corrected chi connectivity index (χ3v) is 7.19. The number of hydrogen-bond acceptors (Lipinski definition) is 5. The number of nitrogens with zero attached hydrogens (tertiary/aromatic N) is 3. The van der Waals surface area contributed by atoms with Gasteiger partial charge in [0, 0.05) is 25.7 Å². The average molecular weight is 455 g/mol. The topological polar surface area (TPSA) is 93.5 Å². The normalized spacial score (nSPS) is 14.9. The zero-order valence-electron chi connectivity index (χ0n) is 17.7. The van der Waals surface area contributed by atoms with Crippen LogP contribution in [0, 0.1) is 0 Å². The van der Waals surface area contributed by atoms with Gasteiger partial charge in [-0.25, -0.2) is 8.42 Å². The van der Waals surface area contributed by atoms with Crippen LogP contribution in [0.2, 0.25) is 0 Å². The molecule has 1 fully saturated rings. The van der Waals surface area contributed by atoms with Crippen molar-refractivity contribution < 1.29 is 17.9 Å². The van der Waals surface area contributed by atoms with Gasteiger partial charge < -0.3 is 10.1 Å². The van der Waals surface area contributed by atoms with Crippen LogP contribution in [0.25, 0.3) is 0 Å². The lowest BCUT2D eigenvalue weighted by atomic mass is 10.1. The first-order valence-electron chi connectivity index (χ1n) is 10.5. The zero-order valence-corrected chi connectivity index (χ0v) is 18.5. The number of amides is 1. The highest BCUT2D eigenvalue weighted by Crippen LogP contribution is 2.18. The number of sulfonamides is 1. The molecule has 2 aromatic carbocycles. The van der Waals surface area contributed by atoms with Crippen molar-refractivity contribution in [1.29, 1.82) is 0 Å². The molecule has 0 bridgehead atoms. The van der Waals surface area contributed by atoms with Gasteiger partial charge >= 0.3 is 0 Å². The summed E-state index contributed by atoms with van der Waals surface area (Å²) in [6, 6.07) is 16.7. The first-order chi connectivity index (χ1) is 15.5. The van der Waals surface area contributed by atoms with E-state index >= 15 is 0 Å². The Morgan fingerprint density at radius 2 is 1.72 bits per heavy atom. The molecule has 1 saturated heterocycles. The molecule has 4 rings (SSSR count). The number of anilines is 1. The molecule has 1 amide bonds. The predicted molar refractivity (Wildman–Crippen MR) is 121 cm³/mol. The van der Waals surface area contributed by atoms with E-state index in [-0.39, 0.29) is 10.8 Å². The molecule has 0 unspecified atom stereocenters. The molecule has 168 valence electrons. The van der Waals surface area contributed by atoms with Crippen LogP contribution in [-0.4, -0.2) is 54.7 Å². The summed E-state index contributed by atoms with van der Waals surface area (Å²) < 4.78 is 33.8. The summed E-state index contributed by atoms with van der Waals surface area (Å²) in [5, 5.41) is 7.15. The third-order valence-electron chi connectivity index (χ3n) is 5.28. The monoisotopic (exact) mass is 454 g/mol. The number of benzene rings is 2. The van der Waals surface area contributed by atoms with Crippen LogP contribution < -0.4 is 5.32 Å². The highest BCUT2D eigenvalue weighted by Gasteiger charge is 2.26. The van der Waals surface area contributed by atoms with Crippen molar-refractivity contribution in [2.45, 2.75) is 24.3 Å². The van der Waals surface area contributed by atoms with Gasteiger partial charge in [0.25, 0.3) is 0 Å². The minimum absolute atomic E-state index is 0.116. The number of carbonyl (C=O) groups is 1. The second-order valence-corrected chi connectivity index (χ2v) is 9.56. The Morgan fingerprint density at radius 1 is 1.00 bits per heavy atom. The Labute approximate surface area is 187 Å². The van der Waals surface area contributed by atoms with Crippen LogP contribution in [0.15, 0.2) is 71.9 Å². The second kappa shape index (κ2) is 10.1. The zero-order chi connectivity index (χ0) is 22.4. The maximum Gasteiger partial charge on any atom is 0.243 e. The summed E-state index contributed by atoms with van der Waals surface area (Å²) in [5.41, 5.74) is 2.69. The van der Waals surface area contributed by atoms with Gasteiger partial charge in [0.15, 0.2) is 0 Å². The molecule has 0 saturated carbocycles. The first-order valence-corrected chi connectivity index (χ1v) is 12.0. The van der Waals surface area contributed by atoms with E-state index in [4.69, 9.17) is 4.74 Å². The summed E-state index contributed by atoms with van der Waals surface area (Å²) in [6.07, 6.45) is 4.24. The number of rotatable bonds is 8. The Morgan fingerprint density at radius 3 is 2.44 bits per heavy atom. The summed E-state index contributed by atoms with van der Waals surface area (Å²) in [7, 11) is -3.51. The molecule has 0 spiro atoms. The van der Waals surface area contributed by atoms with Gasteiger partial charge in [-0.15, -0.1) is 0 Å². The summed E-state index contributed by atoms with van der Waals surface area (Å²) in [4.78, 5) is 12.6. The fraction of sp³-hybridized carbons (Fsp3) is 0.304. The lowest BCUT2D eigenvalue weighted by Gasteiger charge is -2.26. The second-order valence-electron chi connectivity index (χ2n) is 7.62. The van der Waals surface area contributed by atoms with Crippen LogP contribution in [-0.2, 0) is 32.5 Å². The summed E-state index contributed by atoms with van der Waals surface area (Å²) in [6.45, 7) is 2.20. The summed E-state index contributed by atoms with van der Waals surface area (Å²) in [5.74, 6) is -0.116. The van der Waals surface area contributed by atoms with Crippen molar-refractivity contribution in [2.24, 2.45) is 0 Å². The van der Waals surface area contributed by atoms with Gasteiger partial charge in [-0.05, 0) is 29.7 Å². The van der Waals surface area contributed by atoms with Crippen LogP contribution in [0.4, 0.5) is 5.69 Å². The largest absolute Gasteiger partial charge is 0.379 e. The van der Waals surface area contributed by atoms with E-state index < -0.39 is 10.0 Å². The van der Waals surface area contributed by atoms with Crippen molar-refractivity contribution in [3.05, 3.63) is 78.1 Å². The lowest BCUT2D eigenvalue weighted by Crippen LogP contribution is -2.40. The van der Waals surface area contributed by atoms with Gasteiger partial charge in [-0.1, -0.05) is 42.5 Å². The Balaban J connectivity index is 1.28. The van der Waals surface area contributed by atoms with Gasteiger partial charge in [-0.3, -0.25) is 9.48 Å². The molecule has 0 atom stereocenters. The van der Waals surface area contributed by atoms with Crippen LogP contribution in [0.3, 0.4) is 0 Å². The SMILES string of the molecule is O=C(CCc1ccc(S(=O)(=O)N2CCOCC2)cc1)Nc1cnn(Cc2ccccc2)c1. The van der Waals surface area contributed by atoms with Gasteiger partial charge in [0.05, 0.1) is 36.5 Å². The molecule has 2 heterocycles. The number of carbonyl (C=O) groups excluding carboxylic acids is 1. The van der Waals surface area contributed by atoms with Crippen molar-refractivity contribution in [3.63, 3.8) is 0 Å². The molecule has 8 nitrogen and oxygen atoms in total. The van der Waals surface area contributed by atoms with E-state index in [1.165, 1.54) is 4.31 Å². The molecule has 1 aromatic heterocycles. The minimum Gasteiger partial charge on any atom is -0.379 e. The van der Waals surface area contributed by atoms with Crippen molar-refractivity contribution in [2.75, 3.05) is 31.6 Å². The Bertz CT molecular complexity index is 1140. The van der Waals surface area contributed by atoms with Crippen LogP contribution >= 0.6 is 0 Å². The van der Waals surface area contributed by atoms with Crippen molar-refractivity contribution in [1.82, 2.24) is 14.1 Å². The minimum atomic E-state index is -3.51. The molecule has 3 aromatic rings. The van der Waals surface area contributed by atoms with E-state index in [2.05, 4.69) is 10.4 Å². The molecule has 0 radical (unpaired) electrons. The van der Waals surface area contributed by atoms with E-state index in [1.54, 1.807) is 41.3 Å². The van der Waals surface area contributed by atoms with Gasteiger partial charge in [-0.2, -0.15) is 9.40 Å². The molecule has 0 aliphatic carbocycles. The van der Waals surface area contributed by atoms with Crippen molar-refractivity contribution >= 4 is 21.6 Å². The fourth-order valence-electron chi connectivity index (χ4n) is 3.53. The highest BCUT2D eigenvalue weighted by atomic mass is 32.2. The number of hydrogen-bond donors (Lipinski definition) is 1. The summed E-state index contributed by atoms with van der Waals surface area (Å²) >= 11 is 0. The van der Waals surface area contributed by atoms with Crippen LogP contribution in [0.1, 0.15) is 17.5 Å². The number of aromatic nitrogens is 2. The molecule has 1 N–H and O–H groups in total. The molecular weight excluding hydrogens is 428 g/mol. The number of nitrogens with one attached hydrogen (secondary N) is 1. The molecule has 32 heavy (non-hydrogen) atoms. The molecular formula is C23H26N4O4S. The predicted octanol–water partition coefficient (Wildman–Crippen LogP) is 2.52. The number of ether oxygens (including phenoxy) is 1. The molecule has 1 aliphatic rings. The van der Waals surface area contributed by atoms with E-state index in [0.29, 0.717) is 51.4 Å². The fourth-order valence-corrected chi connectivity index (χ4v) is 4.94. The first kappa shape index (κ1) is 22.2. The lowest BCUT2D eigenvalue weighted by molar-refractivity contribution is -0.116. The molecule has 1 aliphatic heterocycles. The average Bonchev–Trinajstić information content (AvgIpc) is 3.25. The van der Waals surface area contributed by atoms with Gasteiger partial charge in [0.1, 0.15) is 0 Å². The standard InChI is InChI=1S/C23H26N4O4S/c28-23(25-21-16-24-26(18-21)17-20-4-2-1-3-5-20)11-8-19-6-9-22(10-7-19)32(29,30)27-12-14-31-15-13-27/h1-7,9-10,16,18H,8,11-15,17H2,(H,25,28).